The van der Waals surface area contributed by atoms with Crippen LogP contribution in [0.2, 0.25) is 0 Å². The molecular weight excluding hydrogens is 370 g/mol. The molecule has 2 bridgehead atoms. The Morgan fingerprint density at radius 3 is 2.50 bits per heavy atom. The van der Waals surface area contributed by atoms with E-state index in [-0.39, 0.29) is 5.54 Å². The van der Waals surface area contributed by atoms with Crippen molar-refractivity contribution in [1.29, 1.82) is 0 Å². The Hall–Kier alpha value is -2.11. The van der Waals surface area contributed by atoms with Crippen molar-refractivity contribution in [3.8, 4) is 5.75 Å². The largest absolute Gasteiger partial charge is 0.489 e. The van der Waals surface area contributed by atoms with E-state index in [1.807, 2.05) is 24.3 Å². The normalized spacial score (nSPS) is 30.0. The Kier molecular flexibility index (Phi) is 4.33. The molecule has 146 valence electrons. The maximum atomic E-state index is 12.3. The van der Waals surface area contributed by atoms with Gasteiger partial charge in [-0.3, -0.25) is 0 Å². The number of rotatable bonds is 3. The number of hydrogen-bond donors (Lipinski definition) is 1. The molecule has 1 fully saturated rings. The van der Waals surface area contributed by atoms with Gasteiger partial charge in [-0.05, 0) is 72.8 Å². The zero-order chi connectivity index (χ0) is 19.2. The van der Waals surface area contributed by atoms with Gasteiger partial charge in [0.1, 0.15) is 12.4 Å². The average molecular weight is 396 g/mol. The molecule has 4 nitrogen and oxygen atoms in total. The Bertz CT molecular complexity index is 1020. The summed E-state index contributed by atoms with van der Waals surface area (Å²) >= 11 is 0. The molecule has 3 atom stereocenters. The molecule has 28 heavy (non-hydrogen) atoms. The van der Waals surface area contributed by atoms with E-state index >= 15 is 0 Å². The van der Waals surface area contributed by atoms with Crippen molar-refractivity contribution in [2.75, 3.05) is 0 Å². The fourth-order valence-corrected chi connectivity index (χ4v) is 6.75. The van der Waals surface area contributed by atoms with Crippen molar-refractivity contribution in [3.05, 3.63) is 76.7 Å². The SMILES string of the molecule is O=S1(=O)C=CC[C@]2(N1)[C@@H]1CC[C@H]2Cc2ccc(OCc3ccccc3)cc2C1. The van der Waals surface area contributed by atoms with E-state index in [0.29, 0.717) is 18.4 Å². The summed E-state index contributed by atoms with van der Waals surface area (Å²) in [6, 6.07) is 16.6. The molecule has 2 aromatic carbocycles. The van der Waals surface area contributed by atoms with Crippen molar-refractivity contribution < 1.29 is 13.2 Å². The van der Waals surface area contributed by atoms with Crippen LogP contribution in [0, 0.1) is 11.8 Å². The van der Waals surface area contributed by atoms with Crippen molar-refractivity contribution in [3.63, 3.8) is 0 Å². The molecule has 1 aliphatic heterocycles. The van der Waals surface area contributed by atoms with Crippen LogP contribution in [0.4, 0.5) is 0 Å². The molecule has 0 aromatic heterocycles. The van der Waals surface area contributed by atoms with Crippen LogP contribution in [0.25, 0.3) is 0 Å². The van der Waals surface area contributed by atoms with Gasteiger partial charge in [-0.2, -0.15) is 0 Å². The Balaban J connectivity index is 1.40. The maximum Gasteiger partial charge on any atom is 0.233 e. The first-order chi connectivity index (χ1) is 13.5. The van der Waals surface area contributed by atoms with Gasteiger partial charge in [0.05, 0.1) is 0 Å². The summed E-state index contributed by atoms with van der Waals surface area (Å²) in [5.74, 6) is 1.58. The quantitative estimate of drug-likeness (QED) is 0.856. The number of sulfonamides is 1. The van der Waals surface area contributed by atoms with Gasteiger partial charge in [-0.1, -0.05) is 42.5 Å². The molecule has 3 aliphatic rings. The second-order valence-corrected chi connectivity index (χ2v) is 9.91. The molecule has 1 spiro atoms. The summed E-state index contributed by atoms with van der Waals surface area (Å²) in [6.07, 6.45) is 6.66. The molecule has 0 radical (unpaired) electrons. The second kappa shape index (κ2) is 6.75. The van der Waals surface area contributed by atoms with Gasteiger partial charge >= 0.3 is 0 Å². The highest BCUT2D eigenvalue weighted by molar-refractivity contribution is 7.92. The first-order valence-corrected chi connectivity index (χ1v) is 11.6. The highest BCUT2D eigenvalue weighted by Gasteiger charge is 2.53. The van der Waals surface area contributed by atoms with Crippen LogP contribution in [-0.4, -0.2) is 14.0 Å². The van der Waals surface area contributed by atoms with E-state index < -0.39 is 10.0 Å². The fourth-order valence-electron chi connectivity index (χ4n) is 5.38. The van der Waals surface area contributed by atoms with Crippen molar-refractivity contribution >= 4 is 10.0 Å². The molecule has 2 aromatic rings. The topological polar surface area (TPSA) is 55.4 Å². The summed E-state index contributed by atoms with van der Waals surface area (Å²) in [4.78, 5) is 0. The van der Waals surface area contributed by atoms with Crippen LogP contribution in [0.5, 0.6) is 5.75 Å². The van der Waals surface area contributed by atoms with Crippen LogP contribution in [0.15, 0.2) is 60.0 Å². The summed E-state index contributed by atoms with van der Waals surface area (Å²) in [7, 11) is -3.32. The monoisotopic (exact) mass is 395 g/mol. The van der Waals surface area contributed by atoms with Crippen LogP contribution in [0.3, 0.4) is 0 Å². The van der Waals surface area contributed by atoms with Crippen molar-refractivity contribution in [2.45, 2.75) is 44.2 Å². The van der Waals surface area contributed by atoms with E-state index in [0.717, 1.165) is 43.4 Å². The van der Waals surface area contributed by atoms with E-state index in [1.54, 1.807) is 0 Å². The number of fused-ring (bicyclic) bond motifs is 1. The Morgan fingerprint density at radius 2 is 1.75 bits per heavy atom. The van der Waals surface area contributed by atoms with Gasteiger partial charge < -0.3 is 4.74 Å². The van der Waals surface area contributed by atoms with Gasteiger partial charge in [0.2, 0.25) is 10.0 Å². The van der Waals surface area contributed by atoms with E-state index in [9.17, 15) is 8.42 Å². The smallest absolute Gasteiger partial charge is 0.233 e. The summed E-state index contributed by atoms with van der Waals surface area (Å²) < 4.78 is 33.7. The average Bonchev–Trinajstić information content (AvgIpc) is 2.90. The molecule has 5 rings (SSSR count). The zero-order valence-corrected chi connectivity index (χ0v) is 16.6. The first-order valence-electron chi connectivity index (χ1n) is 10.0. The third-order valence-corrected chi connectivity index (χ3v) is 7.96. The third-order valence-electron chi connectivity index (χ3n) is 6.74. The van der Waals surface area contributed by atoms with Crippen LogP contribution in [-0.2, 0) is 29.5 Å². The van der Waals surface area contributed by atoms with Gasteiger partial charge in [0, 0.05) is 10.9 Å². The van der Waals surface area contributed by atoms with Crippen LogP contribution >= 0.6 is 0 Å². The summed E-state index contributed by atoms with van der Waals surface area (Å²) in [5, 5.41) is 1.32. The van der Waals surface area contributed by atoms with E-state index in [1.165, 1.54) is 16.5 Å². The molecule has 0 unspecified atom stereocenters. The number of nitrogens with one attached hydrogen (secondary N) is 1. The standard InChI is InChI=1S/C23H25NO3S/c25-28(26)12-4-11-23(24-28)20-8-9-21(23)14-19-15-22(10-7-18(19)13-20)27-16-17-5-2-1-3-6-17/h1-7,10,12,15,20-21,24H,8-9,11,13-14,16H2/t20-,21+,23+/m0/s1. The van der Waals surface area contributed by atoms with Crippen molar-refractivity contribution in [1.82, 2.24) is 4.72 Å². The fraction of sp³-hybridized carbons (Fsp3) is 0.391. The van der Waals surface area contributed by atoms with E-state index in [2.05, 4.69) is 35.1 Å². The van der Waals surface area contributed by atoms with E-state index in [4.69, 9.17) is 4.74 Å². The number of benzene rings is 2. The molecule has 0 saturated heterocycles. The predicted molar refractivity (Wildman–Crippen MR) is 109 cm³/mol. The van der Waals surface area contributed by atoms with Gasteiger partial charge in [0.15, 0.2) is 0 Å². The lowest BCUT2D eigenvalue weighted by Crippen LogP contribution is -2.56. The number of hydrogen-bond acceptors (Lipinski definition) is 3. The molecular formula is C23H25NO3S. The molecule has 0 amide bonds. The highest BCUT2D eigenvalue weighted by Crippen LogP contribution is 2.50. The second-order valence-electron chi connectivity index (χ2n) is 8.35. The minimum atomic E-state index is -3.32. The van der Waals surface area contributed by atoms with Crippen LogP contribution in [0.1, 0.15) is 36.0 Å². The molecule has 5 heteroatoms. The first kappa shape index (κ1) is 18.0. The van der Waals surface area contributed by atoms with Crippen molar-refractivity contribution in [2.24, 2.45) is 11.8 Å². The zero-order valence-electron chi connectivity index (χ0n) is 15.8. The molecule has 2 aliphatic carbocycles. The molecule has 1 saturated carbocycles. The summed E-state index contributed by atoms with van der Waals surface area (Å²) in [6.45, 7) is 0.556. The molecule has 1 heterocycles. The molecule has 1 N–H and O–H groups in total. The predicted octanol–water partition coefficient (Wildman–Crippen LogP) is 3.97. The van der Waals surface area contributed by atoms with Gasteiger partial charge in [0.25, 0.3) is 0 Å². The lowest BCUT2D eigenvalue weighted by molar-refractivity contribution is 0.223. The van der Waals surface area contributed by atoms with Gasteiger partial charge in [-0.15, -0.1) is 0 Å². The lowest BCUT2D eigenvalue weighted by Gasteiger charge is -2.40. The minimum absolute atomic E-state index is 0.322. The third kappa shape index (κ3) is 3.16. The Morgan fingerprint density at radius 1 is 1.00 bits per heavy atom. The Labute approximate surface area is 166 Å². The lowest BCUT2D eigenvalue weighted by atomic mass is 9.77. The maximum absolute atomic E-state index is 12.3. The van der Waals surface area contributed by atoms with Crippen LogP contribution < -0.4 is 9.46 Å². The highest BCUT2D eigenvalue weighted by atomic mass is 32.2. The number of ether oxygens (including phenoxy) is 1. The van der Waals surface area contributed by atoms with Gasteiger partial charge in [-0.25, -0.2) is 13.1 Å². The summed E-state index contributed by atoms with van der Waals surface area (Å²) in [5.41, 5.74) is 3.48. The minimum Gasteiger partial charge on any atom is -0.489 e.